The van der Waals surface area contributed by atoms with Gasteiger partial charge in [-0.1, -0.05) is 6.07 Å². The van der Waals surface area contributed by atoms with Gasteiger partial charge in [-0.3, -0.25) is 4.79 Å². The molecule has 0 spiro atoms. The Kier molecular flexibility index (Phi) is 4.48. The van der Waals surface area contributed by atoms with Crippen molar-refractivity contribution in [3.8, 4) is 11.5 Å². The fraction of sp³-hybridized carbons (Fsp3) is 0.278. The molecule has 1 amide bonds. The lowest BCUT2D eigenvalue weighted by molar-refractivity contribution is 0.102. The van der Waals surface area contributed by atoms with Crippen molar-refractivity contribution in [1.82, 2.24) is 5.32 Å². The zero-order valence-corrected chi connectivity index (χ0v) is 13.3. The van der Waals surface area contributed by atoms with Crippen molar-refractivity contribution in [2.45, 2.75) is 13.0 Å². The van der Waals surface area contributed by atoms with Gasteiger partial charge in [0.2, 0.25) is 0 Å². The number of carbonyl (C=O) groups excluding carboxylic acids is 1. The number of nitrogens with one attached hydrogen (secondary N) is 2. The molecule has 1 aliphatic heterocycles. The van der Waals surface area contributed by atoms with Crippen molar-refractivity contribution in [3.05, 3.63) is 53.1 Å². The highest BCUT2D eigenvalue weighted by molar-refractivity contribution is 6.06. The van der Waals surface area contributed by atoms with Gasteiger partial charge in [0, 0.05) is 18.3 Å². The maximum absolute atomic E-state index is 12.5. The summed E-state index contributed by atoms with van der Waals surface area (Å²) >= 11 is 0. The van der Waals surface area contributed by atoms with Crippen molar-refractivity contribution < 1.29 is 14.3 Å². The Labute approximate surface area is 135 Å². The van der Waals surface area contributed by atoms with E-state index in [9.17, 15) is 4.79 Å². The van der Waals surface area contributed by atoms with Crippen LogP contribution in [-0.2, 0) is 13.0 Å². The summed E-state index contributed by atoms with van der Waals surface area (Å²) in [4.78, 5) is 12.5. The first-order valence-corrected chi connectivity index (χ1v) is 7.57. The van der Waals surface area contributed by atoms with Gasteiger partial charge in [0.15, 0.2) is 0 Å². The lowest BCUT2D eigenvalue weighted by Crippen LogP contribution is -2.23. The third-order valence-corrected chi connectivity index (χ3v) is 4.00. The van der Waals surface area contributed by atoms with Crippen LogP contribution in [0.5, 0.6) is 11.5 Å². The smallest absolute Gasteiger partial charge is 0.259 e. The van der Waals surface area contributed by atoms with Crippen LogP contribution in [0.1, 0.15) is 21.5 Å². The number of methoxy groups -OCH3 is 2. The van der Waals surface area contributed by atoms with Crippen LogP contribution >= 0.6 is 0 Å². The summed E-state index contributed by atoms with van der Waals surface area (Å²) in [6, 6.07) is 11.2. The molecule has 0 saturated carbocycles. The van der Waals surface area contributed by atoms with Gasteiger partial charge in [-0.25, -0.2) is 0 Å². The number of anilines is 1. The molecule has 0 unspecified atom stereocenters. The molecular formula is C18H20N2O3. The van der Waals surface area contributed by atoms with Gasteiger partial charge in [-0.2, -0.15) is 0 Å². The number of carbonyl (C=O) groups is 1. The fourth-order valence-electron chi connectivity index (χ4n) is 2.74. The summed E-state index contributed by atoms with van der Waals surface area (Å²) in [6.45, 7) is 1.84. The number of ether oxygens (including phenoxy) is 2. The molecule has 0 saturated heterocycles. The van der Waals surface area contributed by atoms with Gasteiger partial charge in [0.1, 0.15) is 11.5 Å². The van der Waals surface area contributed by atoms with E-state index in [-0.39, 0.29) is 5.91 Å². The molecule has 2 N–H and O–H groups in total. The maximum Gasteiger partial charge on any atom is 0.259 e. The molecule has 1 heterocycles. The molecule has 0 aromatic heterocycles. The van der Waals surface area contributed by atoms with E-state index in [1.54, 1.807) is 25.3 Å². The van der Waals surface area contributed by atoms with E-state index in [1.165, 1.54) is 18.2 Å². The summed E-state index contributed by atoms with van der Waals surface area (Å²) in [5, 5.41) is 6.27. The van der Waals surface area contributed by atoms with E-state index in [0.29, 0.717) is 17.1 Å². The predicted octanol–water partition coefficient (Wildman–Crippen LogP) is 2.60. The molecule has 0 radical (unpaired) electrons. The molecule has 120 valence electrons. The highest BCUT2D eigenvalue weighted by Crippen LogP contribution is 2.26. The number of hydrogen-bond acceptors (Lipinski definition) is 4. The van der Waals surface area contributed by atoms with Crippen molar-refractivity contribution >= 4 is 11.6 Å². The van der Waals surface area contributed by atoms with Crippen LogP contribution in [0, 0.1) is 0 Å². The van der Waals surface area contributed by atoms with E-state index in [1.807, 2.05) is 12.1 Å². The van der Waals surface area contributed by atoms with E-state index >= 15 is 0 Å². The number of amides is 1. The largest absolute Gasteiger partial charge is 0.497 e. The summed E-state index contributed by atoms with van der Waals surface area (Å²) in [7, 11) is 3.12. The summed E-state index contributed by atoms with van der Waals surface area (Å²) in [6.07, 6.45) is 1.02. The van der Waals surface area contributed by atoms with Gasteiger partial charge < -0.3 is 20.1 Å². The van der Waals surface area contributed by atoms with Crippen LogP contribution in [0.2, 0.25) is 0 Å². The molecule has 2 aromatic carbocycles. The topological polar surface area (TPSA) is 59.6 Å². The van der Waals surface area contributed by atoms with Gasteiger partial charge in [-0.15, -0.1) is 0 Å². The van der Waals surface area contributed by atoms with E-state index in [0.717, 1.165) is 25.2 Å². The first kappa shape index (κ1) is 15.4. The van der Waals surface area contributed by atoms with Crippen LogP contribution in [0.15, 0.2) is 36.4 Å². The molecular weight excluding hydrogens is 292 g/mol. The average molecular weight is 312 g/mol. The highest BCUT2D eigenvalue weighted by Gasteiger charge is 2.15. The van der Waals surface area contributed by atoms with Crippen LogP contribution in [0.4, 0.5) is 5.69 Å². The maximum atomic E-state index is 12.5. The molecule has 23 heavy (non-hydrogen) atoms. The molecule has 5 nitrogen and oxygen atoms in total. The minimum Gasteiger partial charge on any atom is -0.497 e. The second-order valence-corrected chi connectivity index (χ2v) is 5.43. The normalized spacial score (nSPS) is 13.1. The first-order chi connectivity index (χ1) is 11.2. The molecule has 0 atom stereocenters. The van der Waals surface area contributed by atoms with Gasteiger partial charge in [0.25, 0.3) is 5.91 Å². The van der Waals surface area contributed by atoms with Crippen molar-refractivity contribution in [2.24, 2.45) is 0 Å². The Morgan fingerprint density at radius 2 is 1.96 bits per heavy atom. The Morgan fingerprint density at radius 1 is 1.09 bits per heavy atom. The number of hydrogen-bond donors (Lipinski definition) is 2. The molecule has 2 aromatic rings. The third-order valence-electron chi connectivity index (χ3n) is 4.00. The monoisotopic (exact) mass is 312 g/mol. The van der Waals surface area contributed by atoms with Crippen molar-refractivity contribution in [2.75, 3.05) is 26.1 Å². The zero-order valence-electron chi connectivity index (χ0n) is 13.3. The summed E-state index contributed by atoms with van der Waals surface area (Å²) in [5.41, 5.74) is 3.83. The lowest BCUT2D eigenvalue weighted by atomic mass is 10.0. The average Bonchev–Trinajstić information content (AvgIpc) is 2.60. The molecule has 0 bridgehead atoms. The summed E-state index contributed by atoms with van der Waals surface area (Å²) < 4.78 is 10.4. The highest BCUT2D eigenvalue weighted by atomic mass is 16.5. The SMILES string of the molecule is COc1ccc(C(=O)Nc2ccc3c(c2)CNCC3)c(OC)c1. The Hall–Kier alpha value is -2.53. The van der Waals surface area contributed by atoms with E-state index < -0.39 is 0 Å². The van der Waals surface area contributed by atoms with Crippen LogP contribution in [0.3, 0.4) is 0 Å². The van der Waals surface area contributed by atoms with Crippen LogP contribution in [-0.4, -0.2) is 26.7 Å². The second kappa shape index (κ2) is 6.71. The molecule has 1 aliphatic rings. The summed E-state index contributed by atoms with van der Waals surface area (Å²) in [5.74, 6) is 0.938. The second-order valence-electron chi connectivity index (χ2n) is 5.43. The third kappa shape index (κ3) is 3.29. The first-order valence-electron chi connectivity index (χ1n) is 7.57. The zero-order chi connectivity index (χ0) is 16.2. The van der Waals surface area contributed by atoms with E-state index in [2.05, 4.69) is 16.7 Å². The van der Waals surface area contributed by atoms with Gasteiger partial charge in [-0.05, 0) is 48.4 Å². The number of benzene rings is 2. The van der Waals surface area contributed by atoms with Crippen LogP contribution < -0.4 is 20.1 Å². The molecule has 3 rings (SSSR count). The van der Waals surface area contributed by atoms with Crippen molar-refractivity contribution in [1.29, 1.82) is 0 Å². The van der Waals surface area contributed by atoms with E-state index in [4.69, 9.17) is 9.47 Å². The Bertz CT molecular complexity index is 728. The quantitative estimate of drug-likeness (QED) is 0.911. The molecule has 0 fully saturated rings. The van der Waals surface area contributed by atoms with Crippen LogP contribution in [0.25, 0.3) is 0 Å². The van der Waals surface area contributed by atoms with Crippen molar-refractivity contribution in [3.63, 3.8) is 0 Å². The number of fused-ring (bicyclic) bond motifs is 1. The molecule has 0 aliphatic carbocycles. The number of rotatable bonds is 4. The van der Waals surface area contributed by atoms with Gasteiger partial charge >= 0.3 is 0 Å². The lowest BCUT2D eigenvalue weighted by Gasteiger charge is -2.18. The standard InChI is InChI=1S/C18H20N2O3/c1-22-15-5-6-16(17(10-15)23-2)18(21)20-14-4-3-12-7-8-19-11-13(12)9-14/h3-6,9-10,19H,7-8,11H2,1-2H3,(H,20,21). The predicted molar refractivity (Wildman–Crippen MR) is 89.4 cm³/mol. The minimum atomic E-state index is -0.201. The fourth-order valence-corrected chi connectivity index (χ4v) is 2.74. The minimum absolute atomic E-state index is 0.201. The Balaban J connectivity index is 1.81. The van der Waals surface area contributed by atoms with Gasteiger partial charge in [0.05, 0.1) is 19.8 Å². The molecule has 5 heteroatoms. The Morgan fingerprint density at radius 3 is 2.74 bits per heavy atom.